The van der Waals surface area contributed by atoms with Crippen molar-refractivity contribution in [3.8, 4) is 0 Å². The molecule has 1 aromatic carbocycles. The Balaban J connectivity index is 2.26. The second-order valence-electron chi connectivity index (χ2n) is 3.82. The van der Waals surface area contributed by atoms with E-state index in [2.05, 4.69) is 5.32 Å². The van der Waals surface area contributed by atoms with Crippen LogP contribution >= 0.6 is 0 Å². The van der Waals surface area contributed by atoms with Crippen molar-refractivity contribution in [1.82, 2.24) is 5.32 Å². The molecule has 4 nitrogen and oxygen atoms in total. The van der Waals surface area contributed by atoms with Crippen LogP contribution in [0.3, 0.4) is 0 Å². The van der Waals surface area contributed by atoms with Crippen molar-refractivity contribution in [1.29, 1.82) is 0 Å². The maximum absolute atomic E-state index is 13.3. The molecule has 1 aromatic rings. The fraction of sp³-hybridized carbons (Fsp3) is 0.462. The van der Waals surface area contributed by atoms with Gasteiger partial charge in [0.1, 0.15) is 0 Å². The van der Waals surface area contributed by atoms with Crippen molar-refractivity contribution in [2.75, 3.05) is 33.5 Å². The van der Waals surface area contributed by atoms with Gasteiger partial charge in [0.25, 0.3) is 5.91 Å². The van der Waals surface area contributed by atoms with Gasteiger partial charge in [-0.3, -0.25) is 4.79 Å². The summed E-state index contributed by atoms with van der Waals surface area (Å²) in [6.07, 6.45) is 0.590. The Bertz CT molecular complexity index is 413. The first-order valence-corrected chi connectivity index (χ1v) is 5.95. The van der Waals surface area contributed by atoms with Crippen LogP contribution in [0, 0.1) is 11.6 Å². The first-order valence-electron chi connectivity index (χ1n) is 5.95. The van der Waals surface area contributed by atoms with Crippen LogP contribution in [0.4, 0.5) is 8.78 Å². The molecule has 0 aliphatic carbocycles. The monoisotopic (exact) mass is 273 g/mol. The Morgan fingerprint density at radius 2 is 2.05 bits per heavy atom. The Hall–Kier alpha value is -1.53. The molecule has 0 saturated carbocycles. The van der Waals surface area contributed by atoms with Crippen LogP contribution in [-0.4, -0.2) is 39.4 Å². The molecule has 0 aromatic heterocycles. The topological polar surface area (TPSA) is 47.6 Å². The number of amides is 1. The molecule has 6 heteroatoms. The Kier molecular flexibility index (Phi) is 6.99. The van der Waals surface area contributed by atoms with Gasteiger partial charge in [0.15, 0.2) is 11.6 Å². The van der Waals surface area contributed by atoms with Crippen LogP contribution in [0.25, 0.3) is 0 Å². The fourth-order valence-corrected chi connectivity index (χ4v) is 1.39. The fourth-order valence-electron chi connectivity index (χ4n) is 1.39. The van der Waals surface area contributed by atoms with E-state index in [0.29, 0.717) is 32.8 Å². The van der Waals surface area contributed by atoms with Crippen molar-refractivity contribution in [3.63, 3.8) is 0 Å². The summed E-state index contributed by atoms with van der Waals surface area (Å²) in [5.74, 6) is -2.79. The number of carbonyl (C=O) groups excluding carboxylic acids is 1. The minimum absolute atomic E-state index is 0.291. The lowest BCUT2D eigenvalue weighted by Gasteiger charge is -2.07. The molecule has 106 valence electrons. The lowest BCUT2D eigenvalue weighted by Crippen LogP contribution is -2.26. The highest BCUT2D eigenvalue weighted by Gasteiger charge is 2.14. The third-order valence-corrected chi connectivity index (χ3v) is 2.38. The highest BCUT2D eigenvalue weighted by Crippen LogP contribution is 2.10. The maximum Gasteiger partial charge on any atom is 0.254 e. The van der Waals surface area contributed by atoms with Crippen molar-refractivity contribution < 1.29 is 23.0 Å². The largest absolute Gasteiger partial charge is 0.382 e. The molecular formula is C13H17F2NO3. The summed E-state index contributed by atoms with van der Waals surface area (Å²) in [5.41, 5.74) is -0.291. The lowest BCUT2D eigenvalue weighted by molar-refractivity contribution is 0.0688. The van der Waals surface area contributed by atoms with E-state index in [9.17, 15) is 13.6 Å². The molecule has 0 aliphatic heterocycles. The minimum atomic E-state index is -1.13. The zero-order valence-electron chi connectivity index (χ0n) is 10.7. The zero-order chi connectivity index (χ0) is 14.1. The van der Waals surface area contributed by atoms with Gasteiger partial charge >= 0.3 is 0 Å². The smallest absolute Gasteiger partial charge is 0.254 e. The molecule has 0 saturated heterocycles. The number of hydrogen-bond donors (Lipinski definition) is 1. The van der Waals surface area contributed by atoms with Crippen LogP contribution in [0.1, 0.15) is 16.8 Å². The number of rotatable bonds is 8. The number of hydrogen-bond acceptors (Lipinski definition) is 3. The molecule has 0 heterocycles. The standard InChI is InChI=1S/C13H17F2NO3/c1-18-8-9-19-7-3-6-16-13(17)10-4-2-5-11(14)12(10)15/h2,4-5H,3,6-9H2,1H3,(H,16,17). The summed E-state index contributed by atoms with van der Waals surface area (Å²) in [4.78, 5) is 11.6. The van der Waals surface area contributed by atoms with Crippen LogP contribution < -0.4 is 5.32 Å². The van der Waals surface area contributed by atoms with Crippen LogP contribution in [-0.2, 0) is 9.47 Å². The number of nitrogens with one attached hydrogen (secondary N) is 1. The van der Waals surface area contributed by atoms with Gasteiger partial charge in [-0.1, -0.05) is 6.07 Å². The van der Waals surface area contributed by atoms with Crippen molar-refractivity contribution in [2.24, 2.45) is 0 Å². The summed E-state index contributed by atoms with van der Waals surface area (Å²) in [7, 11) is 1.58. The van der Waals surface area contributed by atoms with Crippen LogP contribution in [0.15, 0.2) is 18.2 Å². The van der Waals surface area contributed by atoms with Gasteiger partial charge in [0.2, 0.25) is 0 Å². The highest BCUT2D eigenvalue weighted by molar-refractivity contribution is 5.94. The van der Waals surface area contributed by atoms with Gasteiger partial charge in [-0.05, 0) is 18.6 Å². The molecule has 1 N–H and O–H groups in total. The van der Waals surface area contributed by atoms with E-state index >= 15 is 0 Å². The number of carbonyl (C=O) groups is 1. The average molecular weight is 273 g/mol. The average Bonchev–Trinajstić information content (AvgIpc) is 2.40. The van der Waals surface area contributed by atoms with E-state index in [0.717, 1.165) is 6.07 Å². The molecular weight excluding hydrogens is 256 g/mol. The molecule has 0 fully saturated rings. The van der Waals surface area contributed by atoms with Gasteiger partial charge in [0.05, 0.1) is 18.8 Å². The van der Waals surface area contributed by atoms with Gasteiger partial charge in [-0.25, -0.2) is 8.78 Å². The first-order chi connectivity index (χ1) is 9.16. The Morgan fingerprint density at radius 1 is 1.26 bits per heavy atom. The molecule has 0 radical (unpaired) electrons. The minimum Gasteiger partial charge on any atom is -0.382 e. The summed E-state index contributed by atoms with van der Waals surface area (Å²) in [6, 6.07) is 3.50. The van der Waals surface area contributed by atoms with Crippen molar-refractivity contribution in [2.45, 2.75) is 6.42 Å². The highest BCUT2D eigenvalue weighted by atomic mass is 19.2. The van der Waals surface area contributed by atoms with E-state index in [1.54, 1.807) is 7.11 Å². The van der Waals surface area contributed by atoms with Crippen molar-refractivity contribution >= 4 is 5.91 Å². The SMILES string of the molecule is COCCOCCCNC(=O)c1cccc(F)c1F. The van der Waals surface area contributed by atoms with Crippen LogP contribution in [0.5, 0.6) is 0 Å². The lowest BCUT2D eigenvalue weighted by atomic mass is 10.2. The molecule has 1 amide bonds. The van der Waals surface area contributed by atoms with E-state index < -0.39 is 17.5 Å². The third kappa shape index (κ3) is 5.32. The second kappa shape index (κ2) is 8.55. The van der Waals surface area contributed by atoms with Crippen LogP contribution in [0.2, 0.25) is 0 Å². The molecule has 0 spiro atoms. The maximum atomic E-state index is 13.3. The van der Waals surface area contributed by atoms with E-state index in [4.69, 9.17) is 9.47 Å². The predicted molar refractivity (Wildman–Crippen MR) is 66.0 cm³/mol. The number of benzene rings is 1. The van der Waals surface area contributed by atoms with E-state index in [1.807, 2.05) is 0 Å². The molecule has 1 rings (SSSR count). The number of halogens is 2. The molecule has 0 bridgehead atoms. The van der Waals surface area contributed by atoms with E-state index in [-0.39, 0.29) is 5.56 Å². The summed E-state index contributed by atoms with van der Waals surface area (Å²) in [5, 5.41) is 2.50. The molecule has 19 heavy (non-hydrogen) atoms. The molecule has 0 unspecified atom stereocenters. The Morgan fingerprint density at radius 3 is 2.79 bits per heavy atom. The van der Waals surface area contributed by atoms with Crippen molar-refractivity contribution in [3.05, 3.63) is 35.4 Å². The number of methoxy groups -OCH3 is 1. The quantitative estimate of drug-likeness (QED) is 0.734. The predicted octanol–water partition coefficient (Wildman–Crippen LogP) is 1.75. The first kappa shape index (κ1) is 15.5. The Labute approximate surface area is 110 Å². The zero-order valence-corrected chi connectivity index (χ0v) is 10.7. The van der Waals surface area contributed by atoms with Gasteiger partial charge in [-0.2, -0.15) is 0 Å². The van der Waals surface area contributed by atoms with Gasteiger partial charge in [0, 0.05) is 20.3 Å². The van der Waals surface area contributed by atoms with Gasteiger partial charge in [-0.15, -0.1) is 0 Å². The molecule has 0 aliphatic rings. The van der Waals surface area contributed by atoms with Gasteiger partial charge < -0.3 is 14.8 Å². The molecule has 0 atom stereocenters. The summed E-state index contributed by atoms with van der Waals surface area (Å²) >= 11 is 0. The van der Waals surface area contributed by atoms with E-state index in [1.165, 1.54) is 12.1 Å². The summed E-state index contributed by atoms with van der Waals surface area (Å²) < 4.78 is 36.2. The third-order valence-electron chi connectivity index (χ3n) is 2.38. The normalized spacial score (nSPS) is 10.5. The second-order valence-corrected chi connectivity index (χ2v) is 3.82. The number of ether oxygens (including phenoxy) is 2. The summed E-state index contributed by atoms with van der Waals surface area (Å²) in [6.45, 7) is 1.81.